The van der Waals surface area contributed by atoms with Gasteiger partial charge in [0.2, 0.25) is 0 Å². The van der Waals surface area contributed by atoms with Crippen molar-refractivity contribution in [2.24, 2.45) is 0 Å². The summed E-state index contributed by atoms with van der Waals surface area (Å²) in [5.74, 6) is 0. The fourth-order valence-electron chi connectivity index (χ4n) is 8.22. The van der Waals surface area contributed by atoms with Gasteiger partial charge >= 0.3 is 0 Å². The van der Waals surface area contributed by atoms with Crippen LogP contribution in [0.4, 0.5) is 17.1 Å². The van der Waals surface area contributed by atoms with Crippen molar-refractivity contribution in [3.05, 3.63) is 175 Å². The lowest BCUT2D eigenvalue weighted by molar-refractivity contribution is 0.660. The summed E-state index contributed by atoms with van der Waals surface area (Å²) in [7, 11) is 0. The second-order valence-electron chi connectivity index (χ2n) is 13.8. The molecular weight excluding hydrogens is 595 g/mol. The minimum absolute atomic E-state index is 0.0993. The monoisotopic (exact) mass is 627 g/mol. The van der Waals surface area contributed by atoms with Gasteiger partial charge in [0.25, 0.3) is 0 Å². The predicted molar refractivity (Wildman–Crippen MR) is 206 cm³/mol. The maximum atomic E-state index is 6.25. The van der Waals surface area contributed by atoms with Crippen LogP contribution in [0.25, 0.3) is 65.7 Å². The second kappa shape index (κ2) is 10.4. The van der Waals surface area contributed by atoms with Crippen molar-refractivity contribution in [2.75, 3.05) is 4.90 Å². The fourth-order valence-corrected chi connectivity index (χ4v) is 8.22. The van der Waals surface area contributed by atoms with Gasteiger partial charge in [-0.1, -0.05) is 129 Å². The molecule has 0 radical (unpaired) electrons. The van der Waals surface area contributed by atoms with Crippen molar-refractivity contribution < 1.29 is 4.42 Å². The first-order chi connectivity index (χ1) is 24.0. The van der Waals surface area contributed by atoms with Gasteiger partial charge in [-0.3, -0.25) is 0 Å². The van der Waals surface area contributed by atoms with E-state index in [1.165, 1.54) is 66.0 Å². The molecule has 10 rings (SSSR count). The Kier molecular flexibility index (Phi) is 5.95. The van der Waals surface area contributed by atoms with E-state index < -0.39 is 0 Å². The van der Waals surface area contributed by atoms with E-state index in [9.17, 15) is 0 Å². The van der Waals surface area contributed by atoms with Gasteiger partial charge in [0.1, 0.15) is 11.2 Å². The summed E-state index contributed by atoms with van der Waals surface area (Å²) < 4.78 is 6.25. The third-order valence-corrected chi connectivity index (χ3v) is 10.6. The first-order valence-electron chi connectivity index (χ1n) is 17.0. The van der Waals surface area contributed by atoms with E-state index in [0.29, 0.717) is 0 Å². The average Bonchev–Trinajstić information content (AvgIpc) is 3.64. The molecule has 0 fully saturated rings. The van der Waals surface area contributed by atoms with Crippen molar-refractivity contribution in [3.8, 4) is 22.3 Å². The maximum absolute atomic E-state index is 6.25. The van der Waals surface area contributed by atoms with Gasteiger partial charge in [0, 0.05) is 33.1 Å². The quantitative estimate of drug-likeness (QED) is 0.193. The van der Waals surface area contributed by atoms with Crippen molar-refractivity contribution in [1.82, 2.24) is 0 Å². The van der Waals surface area contributed by atoms with Crippen LogP contribution < -0.4 is 4.90 Å². The molecule has 0 atom stereocenters. The van der Waals surface area contributed by atoms with Gasteiger partial charge < -0.3 is 9.32 Å². The van der Waals surface area contributed by atoms with Gasteiger partial charge in [-0.15, -0.1) is 0 Å². The summed E-state index contributed by atoms with van der Waals surface area (Å²) in [5, 5.41) is 7.19. The molecule has 1 aliphatic carbocycles. The minimum Gasteiger partial charge on any atom is -0.456 e. The van der Waals surface area contributed by atoms with E-state index in [0.717, 1.165) is 27.9 Å². The van der Waals surface area contributed by atoms with Gasteiger partial charge in [0.15, 0.2) is 0 Å². The molecule has 1 aliphatic rings. The van der Waals surface area contributed by atoms with E-state index >= 15 is 0 Å². The van der Waals surface area contributed by atoms with Gasteiger partial charge in [-0.25, -0.2) is 0 Å². The third kappa shape index (κ3) is 4.20. The van der Waals surface area contributed by atoms with Crippen LogP contribution in [0, 0.1) is 0 Å². The Labute approximate surface area is 285 Å². The molecule has 0 N–H and O–H groups in total. The van der Waals surface area contributed by atoms with Crippen LogP contribution in [0.1, 0.15) is 25.0 Å². The van der Waals surface area contributed by atoms with Crippen molar-refractivity contribution in [3.63, 3.8) is 0 Å². The Hall–Kier alpha value is -6.12. The first-order valence-corrected chi connectivity index (χ1v) is 17.0. The summed E-state index contributed by atoms with van der Waals surface area (Å²) in [6, 6.07) is 59.6. The van der Waals surface area contributed by atoms with Crippen LogP contribution in [0.5, 0.6) is 0 Å². The molecule has 0 saturated heterocycles. The predicted octanol–water partition coefficient (Wildman–Crippen LogP) is 13.3. The number of hydrogen-bond acceptors (Lipinski definition) is 2. The standard InChI is InChI=1S/C47H33NO/c1-47(2)40-17-7-5-15-38(40)46-41(47)18-10-19-42(46)48(35-14-9-13-32(28-35)33-22-21-30-11-3-4-12-31(30)27-33)36-24-25-37-34(29-36)23-26-44-45(37)39-16-6-8-20-43(39)49-44/h3-29H,1-2H3. The number of para-hydroxylation sites is 1. The minimum atomic E-state index is -0.0993. The zero-order valence-corrected chi connectivity index (χ0v) is 27.4. The molecule has 0 saturated carbocycles. The first kappa shape index (κ1) is 27.9. The second-order valence-corrected chi connectivity index (χ2v) is 13.8. The molecule has 49 heavy (non-hydrogen) atoms. The van der Waals surface area contributed by atoms with Crippen molar-refractivity contribution >= 4 is 60.5 Å². The van der Waals surface area contributed by atoms with Gasteiger partial charge in [-0.2, -0.15) is 0 Å². The zero-order valence-electron chi connectivity index (χ0n) is 27.4. The molecule has 0 bridgehead atoms. The highest BCUT2D eigenvalue weighted by molar-refractivity contribution is 6.19. The van der Waals surface area contributed by atoms with E-state index in [1.807, 2.05) is 6.07 Å². The van der Waals surface area contributed by atoms with E-state index in [4.69, 9.17) is 4.42 Å². The summed E-state index contributed by atoms with van der Waals surface area (Å²) >= 11 is 0. The molecular formula is C47H33NO. The molecule has 9 aromatic rings. The number of nitrogens with zero attached hydrogens (tertiary/aromatic N) is 1. The summed E-state index contributed by atoms with van der Waals surface area (Å²) in [4.78, 5) is 2.46. The highest BCUT2D eigenvalue weighted by Crippen LogP contribution is 2.54. The van der Waals surface area contributed by atoms with Gasteiger partial charge in [-0.05, 0) is 97.9 Å². The lowest BCUT2D eigenvalue weighted by atomic mass is 9.82. The largest absolute Gasteiger partial charge is 0.456 e. The maximum Gasteiger partial charge on any atom is 0.136 e. The molecule has 0 aliphatic heterocycles. The molecule has 1 aromatic heterocycles. The molecule has 2 nitrogen and oxygen atoms in total. The third-order valence-electron chi connectivity index (χ3n) is 10.6. The Morgan fingerprint density at radius 3 is 2.14 bits per heavy atom. The molecule has 2 heteroatoms. The average molecular weight is 628 g/mol. The fraction of sp³-hybridized carbons (Fsp3) is 0.0638. The highest BCUT2D eigenvalue weighted by Gasteiger charge is 2.37. The number of hydrogen-bond donors (Lipinski definition) is 0. The van der Waals surface area contributed by atoms with Crippen LogP contribution in [-0.2, 0) is 5.41 Å². The SMILES string of the molecule is CC1(C)c2ccccc2-c2c(N(c3cccc(-c4ccc5ccccc5c4)c3)c3ccc4c(ccc5oc6ccccc6c54)c3)cccc21. The van der Waals surface area contributed by atoms with Crippen LogP contribution in [0.15, 0.2) is 168 Å². The van der Waals surface area contributed by atoms with Gasteiger partial charge in [0.05, 0.1) is 5.69 Å². The molecule has 1 heterocycles. The van der Waals surface area contributed by atoms with Crippen molar-refractivity contribution in [2.45, 2.75) is 19.3 Å². The van der Waals surface area contributed by atoms with Crippen LogP contribution in [-0.4, -0.2) is 0 Å². The number of anilines is 3. The molecule has 8 aromatic carbocycles. The summed E-state index contributed by atoms with van der Waals surface area (Å²) in [6.45, 7) is 4.70. The Balaban J connectivity index is 1.22. The molecule has 0 spiro atoms. The Morgan fingerprint density at radius 1 is 0.469 bits per heavy atom. The molecule has 0 unspecified atom stereocenters. The number of benzene rings is 8. The van der Waals surface area contributed by atoms with Crippen molar-refractivity contribution in [1.29, 1.82) is 0 Å². The van der Waals surface area contributed by atoms with E-state index in [1.54, 1.807) is 0 Å². The molecule has 232 valence electrons. The highest BCUT2D eigenvalue weighted by atomic mass is 16.3. The number of rotatable bonds is 4. The molecule has 0 amide bonds. The lowest BCUT2D eigenvalue weighted by Crippen LogP contribution is -2.16. The Bertz CT molecular complexity index is 2770. The normalized spacial score (nSPS) is 13.3. The lowest BCUT2D eigenvalue weighted by Gasteiger charge is -2.29. The number of fused-ring (bicyclic) bond motifs is 9. The van der Waals surface area contributed by atoms with Crippen LogP contribution in [0.2, 0.25) is 0 Å². The number of furan rings is 1. The summed E-state index contributed by atoms with van der Waals surface area (Å²) in [5.41, 5.74) is 12.9. The van der Waals surface area contributed by atoms with Crippen LogP contribution in [0.3, 0.4) is 0 Å². The van der Waals surface area contributed by atoms with E-state index in [2.05, 4.69) is 176 Å². The van der Waals surface area contributed by atoms with Crippen LogP contribution >= 0.6 is 0 Å². The smallest absolute Gasteiger partial charge is 0.136 e. The van der Waals surface area contributed by atoms with E-state index in [-0.39, 0.29) is 5.41 Å². The Morgan fingerprint density at radius 2 is 1.20 bits per heavy atom. The topological polar surface area (TPSA) is 16.4 Å². The zero-order chi connectivity index (χ0) is 32.7. The summed E-state index contributed by atoms with van der Waals surface area (Å²) in [6.07, 6.45) is 0.